The van der Waals surface area contributed by atoms with Crippen molar-refractivity contribution < 1.29 is 19.4 Å². The molecule has 1 N–H and O–H groups in total. The van der Waals surface area contributed by atoms with Crippen molar-refractivity contribution in [1.29, 1.82) is 0 Å². The Morgan fingerprint density at radius 2 is 1.60 bits per heavy atom. The van der Waals surface area contributed by atoms with Gasteiger partial charge in [-0.25, -0.2) is 0 Å². The molecule has 3 aromatic rings. The van der Waals surface area contributed by atoms with Gasteiger partial charge in [-0.15, -0.1) is 11.3 Å². The number of nitrogens with zero attached hydrogens (tertiary/aromatic N) is 4. The Morgan fingerprint density at radius 3 is 2.26 bits per heavy atom. The minimum Gasteiger partial charge on any atom is -0.335 e. The second-order valence-corrected chi connectivity index (χ2v) is 9.56. The molecule has 1 aliphatic rings. The van der Waals surface area contributed by atoms with Crippen LogP contribution in [-0.4, -0.2) is 64.2 Å². The van der Waals surface area contributed by atoms with Crippen molar-refractivity contribution >= 4 is 73.5 Å². The first-order valence-electron chi connectivity index (χ1n) is 10.3. The quantitative estimate of drug-likeness (QED) is 0.362. The lowest BCUT2D eigenvalue weighted by molar-refractivity contribution is -0.384. The van der Waals surface area contributed by atoms with Gasteiger partial charge in [-0.05, 0) is 12.1 Å². The Kier molecular flexibility index (Phi) is 7.17. The number of benzene rings is 2. The number of nitro benzene ring substituents is 2. The number of piperazine rings is 1. The first-order valence-corrected chi connectivity index (χ1v) is 11.8. The summed E-state index contributed by atoms with van der Waals surface area (Å²) < 4.78 is 0.558. The molecule has 1 aliphatic heterocycles. The number of carbonyl (C=O) groups excluding carboxylic acids is 2. The fraction of sp³-hybridized carbons (Fsp3) is 0.238. The number of carbonyl (C=O) groups is 2. The van der Waals surface area contributed by atoms with Gasteiger partial charge in [0.2, 0.25) is 5.91 Å². The van der Waals surface area contributed by atoms with Gasteiger partial charge in [0.15, 0.2) is 0 Å². The van der Waals surface area contributed by atoms with E-state index in [1.54, 1.807) is 4.90 Å². The Hall–Kier alpha value is -3.32. The summed E-state index contributed by atoms with van der Waals surface area (Å²) in [6.45, 7) is 1.59. The molecule has 0 bridgehead atoms. The molecule has 2 aromatic carbocycles. The second kappa shape index (κ2) is 10.1. The van der Waals surface area contributed by atoms with Gasteiger partial charge in [0, 0.05) is 60.5 Å². The number of rotatable bonds is 6. The largest absolute Gasteiger partial charge is 0.335 e. The highest BCUT2D eigenvalue weighted by Gasteiger charge is 2.27. The predicted octanol–water partition coefficient (Wildman–Crippen LogP) is 4.42. The fourth-order valence-corrected chi connectivity index (χ4v) is 5.35. The van der Waals surface area contributed by atoms with Gasteiger partial charge in [0.05, 0.1) is 32.1 Å². The summed E-state index contributed by atoms with van der Waals surface area (Å²) in [6, 6.07) is 8.06. The van der Waals surface area contributed by atoms with Gasteiger partial charge in [-0.1, -0.05) is 23.2 Å². The molecule has 35 heavy (non-hydrogen) atoms. The maximum atomic E-state index is 13.1. The zero-order chi connectivity index (χ0) is 25.3. The van der Waals surface area contributed by atoms with E-state index in [0.29, 0.717) is 41.1 Å². The van der Waals surface area contributed by atoms with E-state index < -0.39 is 9.85 Å². The summed E-state index contributed by atoms with van der Waals surface area (Å²) in [6.07, 6.45) is 0. The van der Waals surface area contributed by atoms with Crippen LogP contribution in [0.15, 0.2) is 36.4 Å². The zero-order valence-corrected chi connectivity index (χ0v) is 20.2. The van der Waals surface area contributed by atoms with E-state index in [-0.39, 0.29) is 45.5 Å². The molecule has 0 aliphatic carbocycles. The van der Waals surface area contributed by atoms with E-state index in [1.165, 1.54) is 36.4 Å². The number of non-ortho nitro benzene ring substituents is 2. The number of anilines is 1. The molecule has 4 rings (SSSR count). The average molecular weight is 538 g/mol. The molecule has 0 saturated carbocycles. The SMILES string of the molecule is O=C(CN1CCN(C(=O)c2sc3cc([N+](=O)[O-])ccc3c2Cl)CC1)Nc1cc([N+](=O)[O-])ccc1Cl. The lowest BCUT2D eigenvalue weighted by Crippen LogP contribution is -2.50. The van der Waals surface area contributed by atoms with E-state index in [9.17, 15) is 29.8 Å². The van der Waals surface area contributed by atoms with Crippen LogP contribution >= 0.6 is 34.5 Å². The smallest absolute Gasteiger partial charge is 0.271 e. The minimum absolute atomic E-state index is 0.0222. The molecule has 11 nitrogen and oxygen atoms in total. The van der Waals surface area contributed by atoms with Crippen LogP contribution in [0.25, 0.3) is 10.1 Å². The summed E-state index contributed by atoms with van der Waals surface area (Å²) in [7, 11) is 0. The predicted molar refractivity (Wildman–Crippen MR) is 133 cm³/mol. The molecular weight excluding hydrogens is 521 g/mol. The molecule has 0 spiro atoms. The molecule has 14 heteroatoms. The molecule has 1 saturated heterocycles. The normalized spacial score (nSPS) is 14.2. The van der Waals surface area contributed by atoms with Crippen molar-refractivity contribution in [3.05, 3.63) is 71.5 Å². The first-order chi connectivity index (χ1) is 16.6. The van der Waals surface area contributed by atoms with Crippen molar-refractivity contribution in [3.8, 4) is 0 Å². The molecular formula is C21H17Cl2N5O6S. The molecule has 2 amide bonds. The van der Waals surface area contributed by atoms with Crippen LogP contribution in [0.5, 0.6) is 0 Å². The maximum Gasteiger partial charge on any atom is 0.271 e. The van der Waals surface area contributed by atoms with Crippen LogP contribution in [0, 0.1) is 20.2 Å². The van der Waals surface area contributed by atoms with Crippen molar-refractivity contribution in [2.75, 3.05) is 38.0 Å². The minimum atomic E-state index is -0.577. The Labute approximate surface area is 212 Å². The third-order valence-corrected chi connectivity index (χ3v) is 7.45. The molecule has 182 valence electrons. The number of hydrogen-bond donors (Lipinski definition) is 1. The van der Waals surface area contributed by atoms with Gasteiger partial charge in [0.1, 0.15) is 4.88 Å². The Balaban J connectivity index is 1.36. The molecule has 2 heterocycles. The fourth-order valence-electron chi connectivity index (χ4n) is 3.67. The van der Waals surface area contributed by atoms with Crippen LogP contribution in [0.2, 0.25) is 10.0 Å². The van der Waals surface area contributed by atoms with Crippen LogP contribution < -0.4 is 5.32 Å². The maximum absolute atomic E-state index is 13.1. The molecule has 1 aromatic heterocycles. The standard InChI is InChI=1S/C21H17Cl2N5O6S/c22-15-4-2-12(27(31)32)9-16(15)24-18(29)11-25-5-7-26(8-6-25)21(30)20-19(23)14-3-1-13(28(33)34)10-17(14)35-20/h1-4,9-10H,5-8,11H2,(H,24,29). The van der Waals surface area contributed by atoms with E-state index in [4.69, 9.17) is 23.2 Å². The van der Waals surface area contributed by atoms with Gasteiger partial charge in [-0.2, -0.15) is 0 Å². The highest BCUT2D eigenvalue weighted by atomic mass is 35.5. The molecule has 1 fully saturated rings. The number of fused-ring (bicyclic) bond motifs is 1. The number of thiophene rings is 1. The van der Waals surface area contributed by atoms with Crippen molar-refractivity contribution in [3.63, 3.8) is 0 Å². The summed E-state index contributed by atoms with van der Waals surface area (Å²) >= 11 is 13.5. The van der Waals surface area contributed by atoms with Gasteiger partial charge in [0.25, 0.3) is 17.3 Å². The highest BCUT2D eigenvalue weighted by Crippen LogP contribution is 2.38. The van der Waals surface area contributed by atoms with E-state index in [0.717, 1.165) is 11.3 Å². The lowest BCUT2D eigenvalue weighted by Gasteiger charge is -2.34. The van der Waals surface area contributed by atoms with Crippen molar-refractivity contribution in [2.45, 2.75) is 0 Å². The van der Waals surface area contributed by atoms with Gasteiger partial charge < -0.3 is 10.2 Å². The van der Waals surface area contributed by atoms with E-state index in [1.807, 2.05) is 4.90 Å². The second-order valence-electron chi connectivity index (χ2n) is 7.72. The summed E-state index contributed by atoms with van der Waals surface area (Å²) in [5, 5.41) is 25.6. The molecule has 0 atom stereocenters. The van der Waals surface area contributed by atoms with Crippen molar-refractivity contribution in [1.82, 2.24) is 9.80 Å². The number of amides is 2. The summed E-state index contributed by atoms with van der Waals surface area (Å²) in [5.41, 5.74) is -0.113. The number of nitrogens with one attached hydrogen (secondary N) is 1. The highest BCUT2D eigenvalue weighted by molar-refractivity contribution is 7.21. The third-order valence-electron chi connectivity index (χ3n) is 5.48. The van der Waals surface area contributed by atoms with Crippen LogP contribution in [-0.2, 0) is 4.79 Å². The van der Waals surface area contributed by atoms with Gasteiger partial charge in [-0.3, -0.25) is 34.7 Å². The average Bonchev–Trinajstić information content (AvgIpc) is 3.16. The number of halogens is 2. The van der Waals surface area contributed by atoms with Crippen molar-refractivity contribution in [2.24, 2.45) is 0 Å². The van der Waals surface area contributed by atoms with E-state index >= 15 is 0 Å². The molecule has 0 radical (unpaired) electrons. The topological polar surface area (TPSA) is 139 Å². The third kappa shape index (κ3) is 5.35. The van der Waals surface area contributed by atoms with Crippen LogP contribution in [0.3, 0.4) is 0 Å². The zero-order valence-electron chi connectivity index (χ0n) is 17.9. The van der Waals surface area contributed by atoms with E-state index in [2.05, 4.69) is 5.32 Å². The Morgan fingerprint density at radius 1 is 0.971 bits per heavy atom. The molecule has 0 unspecified atom stereocenters. The van der Waals surface area contributed by atoms with Crippen LogP contribution in [0.1, 0.15) is 9.67 Å². The van der Waals surface area contributed by atoms with Gasteiger partial charge >= 0.3 is 0 Å². The summed E-state index contributed by atoms with van der Waals surface area (Å²) in [4.78, 5) is 50.2. The summed E-state index contributed by atoms with van der Waals surface area (Å²) in [5.74, 6) is -0.660. The number of nitro groups is 2. The lowest BCUT2D eigenvalue weighted by atomic mass is 10.2. The first kappa shape index (κ1) is 24.8. The number of hydrogen-bond acceptors (Lipinski definition) is 8. The Bertz CT molecular complexity index is 1360. The monoisotopic (exact) mass is 537 g/mol. The van der Waals surface area contributed by atoms with Crippen LogP contribution in [0.4, 0.5) is 17.1 Å².